The summed E-state index contributed by atoms with van der Waals surface area (Å²) in [5.74, 6) is -6.25. The van der Waals surface area contributed by atoms with Crippen molar-refractivity contribution in [2.45, 2.75) is 19.8 Å². The molecule has 0 N–H and O–H groups in total. The molecule has 1 unspecified atom stereocenters. The Morgan fingerprint density at radius 2 is 1.26 bits per heavy atom. The number of esters is 2. The lowest BCUT2D eigenvalue weighted by Crippen LogP contribution is -2.40. The van der Waals surface area contributed by atoms with Crippen LogP contribution in [0, 0.1) is 11.8 Å². The minimum absolute atomic E-state index is 0.455. The van der Waals surface area contributed by atoms with E-state index in [0.717, 1.165) is 14.2 Å². The summed E-state index contributed by atoms with van der Waals surface area (Å²) in [4.78, 5) is 52.1. The molecule has 1 rings (SSSR count). The van der Waals surface area contributed by atoms with Crippen molar-refractivity contribution in [2.24, 2.45) is 11.8 Å². The molecule has 0 saturated carbocycles. The molecule has 0 spiro atoms. The first kappa shape index (κ1) is 18.5. The van der Waals surface area contributed by atoms with Gasteiger partial charge in [0, 0.05) is 18.3 Å². The van der Waals surface area contributed by atoms with E-state index < -0.39 is 41.3 Å². The maximum absolute atomic E-state index is 12.1. The van der Waals surface area contributed by atoms with E-state index >= 15 is 0 Å². The number of ether oxygens (including phenoxy) is 2. The second-order valence-corrected chi connectivity index (χ2v) is 5.03. The van der Waals surface area contributed by atoms with Crippen molar-refractivity contribution >= 4 is 23.5 Å². The van der Waals surface area contributed by atoms with Crippen LogP contribution in [0.4, 0.5) is 0 Å². The third-order valence-corrected chi connectivity index (χ3v) is 3.60. The van der Waals surface area contributed by atoms with Crippen LogP contribution in [-0.4, -0.2) is 42.7 Å². The normalized spacial score (nSPS) is 14.3. The summed E-state index contributed by atoms with van der Waals surface area (Å²) in [6.07, 6.45) is 2.90. The highest BCUT2D eigenvalue weighted by atomic mass is 16.5. The predicted molar refractivity (Wildman–Crippen MR) is 79.4 cm³/mol. The lowest BCUT2D eigenvalue weighted by Gasteiger charge is -2.28. The number of nitrogens with zero attached hydrogens (tertiary/aromatic N) is 1. The fourth-order valence-corrected chi connectivity index (χ4v) is 2.55. The highest BCUT2D eigenvalue weighted by Crippen LogP contribution is 2.35. The Hall–Kier alpha value is -2.57. The van der Waals surface area contributed by atoms with Crippen LogP contribution in [0.25, 0.3) is 0 Å². The molecule has 124 valence electrons. The van der Waals surface area contributed by atoms with E-state index in [4.69, 9.17) is 0 Å². The standard InChI is InChI=1S/C16H19NO6/c1-9(18)12(15(20)22-3)14(11-5-7-17-8-6-11)13(10(2)19)16(21)23-4/h5-8,12-14H,1-4H3/t12-,13+,14?. The third-order valence-electron chi connectivity index (χ3n) is 3.60. The van der Waals surface area contributed by atoms with Crippen LogP contribution in [0.5, 0.6) is 0 Å². The Labute approximate surface area is 134 Å². The van der Waals surface area contributed by atoms with Crippen LogP contribution in [0.1, 0.15) is 25.3 Å². The van der Waals surface area contributed by atoms with Crippen molar-refractivity contribution in [2.75, 3.05) is 14.2 Å². The van der Waals surface area contributed by atoms with Gasteiger partial charge in [0.25, 0.3) is 0 Å². The zero-order valence-corrected chi connectivity index (χ0v) is 13.4. The van der Waals surface area contributed by atoms with Crippen LogP contribution in [0.2, 0.25) is 0 Å². The number of hydrogen-bond donors (Lipinski definition) is 0. The molecule has 7 heteroatoms. The van der Waals surface area contributed by atoms with Gasteiger partial charge in [0.15, 0.2) is 0 Å². The van der Waals surface area contributed by atoms with E-state index in [1.807, 2.05) is 0 Å². The van der Waals surface area contributed by atoms with Crippen molar-refractivity contribution in [1.29, 1.82) is 0 Å². The molecule has 0 bridgehead atoms. The lowest BCUT2D eigenvalue weighted by molar-refractivity contribution is -0.154. The Kier molecular flexibility index (Phi) is 6.56. The van der Waals surface area contributed by atoms with Gasteiger partial charge in [-0.2, -0.15) is 0 Å². The van der Waals surface area contributed by atoms with Gasteiger partial charge in [-0.05, 0) is 31.5 Å². The molecular weight excluding hydrogens is 302 g/mol. The first-order valence-electron chi connectivity index (χ1n) is 6.91. The SMILES string of the molecule is COC(=O)[C@@H](C(C)=O)C(c1ccncc1)[C@@H](C(C)=O)C(=O)OC. The molecule has 0 aliphatic heterocycles. The predicted octanol–water partition coefficient (Wildman–Crippen LogP) is 0.922. The summed E-state index contributed by atoms with van der Waals surface area (Å²) in [5, 5.41) is 0. The summed E-state index contributed by atoms with van der Waals surface area (Å²) >= 11 is 0. The minimum Gasteiger partial charge on any atom is -0.468 e. The largest absolute Gasteiger partial charge is 0.468 e. The van der Waals surface area contributed by atoms with Gasteiger partial charge >= 0.3 is 11.9 Å². The zero-order valence-electron chi connectivity index (χ0n) is 13.4. The Bertz CT molecular complexity index is 564. The molecule has 0 aromatic carbocycles. The maximum atomic E-state index is 12.1. The number of methoxy groups -OCH3 is 2. The molecule has 1 aromatic rings. The fourth-order valence-electron chi connectivity index (χ4n) is 2.55. The number of ketones is 2. The second-order valence-electron chi connectivity index (χ2n) is 5.03. The van der Waals surface area contributed by atoms with Gasteiger partial charge in [-0.25, -0.2) is 0 Å². The molecule has 1 aromatic heterocycles. The van der Waals surface area contributed by atoms with Crippen molar-refractivity contribution in [3.8, 4) is 0 Å². The molecule has 0 saturated heterocycles. The molecule has 23 heavy (non-hydrogen) atoms. The van der Waals surface area contributed by atoms with E-state index in [2.05, 4.69) is 14.5 Å². The van der Waals surface area contributed by atoms with Crippen LogP contribution < -0.4 is 0 Å². The van der Waals surface area contributed by atoms with Crippen LogP contribution >= 0.6 is 0 Å². The average Bonchev–Trinajstić information content (AvgIpc) is 2.53. The minimum atomic E-state index is -1.30. The van der Waals surface area contributed by atoms with Crippen molar-refractivity contribution in [3.05, 3.63) is 30.1 Å². The maximum Gasteiger partial charge on any atom is 0.316 e. The van der Waals surface area contributed by atoms with E-state index in [1.54, 1.807) is 12.1 Å². The number of aromatic nitrogens is 1. The van der Waals surface area contributed by atoms with Gasteiger partial charge in [0.1, 0.15) is 23.4 Å². The van der Waals surface area contributed by atoms with Crippen LogP contribution in [0.3, 0.4) is 0 Å². The smallest absolute Gasteiger partial charge is 0.316 e. The zero-order chi connectivity index (χ0) is 17.6. The molecular formula is C16H19NO6. The highest BCUT2D eigenvalue weighted by Gasteiger charge is 2.45. The quantitative estimate of drug-likeness (QED) is 0.544. The Morgan fingerprint density at radius 3 is 1.57 bits per heavy atom. The summed E-state index contributed by atoms with van der Waals surface area (Å²) < 4.78 is 9.36. The van der Waals surface area contributed by atoms with Crippen LogP contribution in [0.15, 0.2) is 24.5 Å². The van der Waals surface area contributed by atoms with E-state index in [0.29, 0.717) is 5.56 Å². The summed E-state index contributed by atoms with van der Waals surface area (Å²) in [6.45, 7) is 2.43. The number of Topliss-reactive ketones (excluding diaryl/α,β-unsaturated/α-hetero) is 2. The Morgan fingerprint density at radius 1 is 0.870 bits per heavy atom. The molecule has 0 amide bonds. The summed E-state index contributed by atoms with van der Waals surface area (Å²) in [6, 6.07) is 3.09. The van der Waals surface area contributed by atoms with Gasteiger partial charge in [-0.1, -0.05) is 0 Å². The van der Waals surface area contributed by atoms with Crippen molar-refractivity contribution in [3.63, 3.8) is 0 Å². The lowest BCUT2D eigenvalue weighted by atomic mass is 9.74. The summed E-state index contributed by atoms with van der Waals surface area (Å²) in [7, 11) is 2.28. The first-order valence-corrected chi connectivity index (χ1v) is 6.91. The molecule has 1 heterocycles. The van der Waals surface area contributed by atoms with Gasteiger partial charge in [-0.3, -0.25) is 24.2 Å². The first-order chi connectivity index (χ1) is 10.8. The molecule has 7 nitrogen and oxygen atoms in total. The molecule has 0 aliphatic rings. The monoisotopic (exact) mass is 321 g/mol. The van der Waals surface area contributed by atoms with E-state index in [9.17, 15) is 19.2 Å². The number of carbonyl (C=O) groups excluding carboxylic acids is 4. The Balaban J connectivity index is 3.53. The highest BCUT2D eigenvalue weighted by molar-refractivity contribution is 6.04. The van der Waals surface area contributed by atoms with Crippen molar-refractivity contribution in [1.82, 2.24) is 4.98 Å². The third kappa shape index (κ3) is 4.21. The van der Waals surface area contributed by atoms with Gasteiger partial charge in [0.05, 0.1) is 14.2 Å². The second kappa shape index (κ2) is 8.17. The number of carbonyl (C=O) groups is 4. The number of rotatable bonds is 7. The summed E-state index contributed by atoms with van der Waals surface area (Å²) in [5.41, 5.74) is 0.455. The number of hydrogen-bond acceptors (Lipinski definition) is 7. The molecule has 3 atom stereocenters. The molecule has 0 radical (unpaired) electrons. The van der Waals surface area contributed by atoms with Gasteiger partial charge in [0.2, 0.25) is 0 Å². The van der Waals surface area contributed by atoms with E-state index in [-0.39, 0.29) is 0 Å². The van der Waals surface area contributed by atoms with Gasteiger partial charge < -0.3 is 9.47 Å². The van der Waals surface area contributed by atoms with Crippen LogP contribution in [-0.2, 0) is 28.7 Å². The van der Waals surface area contributed by atoms with Crippen molar-refractivity contribution < 1.29 is 28.7 Å². The topological polar surface area (TPSA) is 99.6 Å². The average molecular weight is 321 g/mol. The molecule has 0 fully saturated rings. The number of pyridine rings is 1. The molecule has 0 aliphatic carbocycles. The van der Waals surface area contributed by atoms with E-state index in [1.165, 1.54) is 26.2 Å². The fraction of sp³-hybridized carbons (Fsp3) is 0.438. The van der Waals surface area contributed by atoms with Gasteiger partial charge in [-0.15, -0.1) is 0 Å².